The van der Waals surface area contributed by atoms with Crippen LogP contribution in [0.25, 0.3) is 0 Å². The summed E-state index contributed by atoms with van der Waals surface area (Å²) in [6.07, 6.45) is 1.05. The Labute approximate surface area is 120 Å². The number of benzene rings is 2. The van der Waals surface area contributed by atoms with Crippen LogP contribution in [-0.2, 0) is 0 Å². The first-order chi connectivity index (χ1) is 9.60. The van der Waals surface area contributed by atoms with Gasteiger partial charge >= 0.3 is 0 Å². The van der Waals surface area contributed by atoms with Crippen LogP contribution in [0.15, 0.2) is 52.7 Å². The number of hydrogen-bond acceptors (Lipinski definition) is 3. The smallest absolute Gasteiger partial charge is 0.143 e. The van der Waals surface area contributed by atoms with Crippen LogP contribution in [0.5, 0.6) is 5.75 Å². The molecule has 0 aliphatic carbocycles. The minimum absolute atomic E-state index is 0.160. The summed E-state index contributed by atoms with van der Waals surface area (Å²) >= 11 is 0. The normalized spacial score (nSPS) is 12.8. The van der Waals surface area contributed by atoms with Gasteiger partial charge in [0.2, 0.25) is 0 Å². The van der Waals surface area contributed by atoms with Crippen LogP contribution < -0.4 is 0 Å². The Morgan fingerprint density at radius 1 is 1.05 bits per heavy atom. The highest BCUT2D eigenvalue weighted by Gasteiger charge is 2.07. The molecule has 0 aliphatic rings. The molecule has 0 heterocycles. The van der Waals surface area contributed by atoms with Gasteiger partial charge in [0, 0.05) is 0 Å². The molecule has 0 saturated carbocycles. The van der Waals surface area contributed by atoms with Gasteiger partial charge in [0.05, 0.1) is 5.69 Å². The number of phenols is 1. The predicted molar refractivity (Wildman–Crippen MR) is 82.2 cm³/mol. The molecule has 0 amide bonds. The van der Waals surface area contributed by atoms with Crippen molar-refractivity contribution in [3.63, 3.8) is 0 Å². The number of azo groups is 1. The van der Waals surface area contributed by atoms with Crippen molar-refractivity contribution < 1.29 is 5.11 Å². The van der Waals surface area contributed by atoms with Crippen LogP contribution in [0.1, 0.15) is 37.3 Å². The van der Waals surface area contributed by atoms with Crippen molar-refractivity contribution >= 4 is 11.4 Å². The van der Waals surface area contributed by atoms with E-state index in [4.69, 9.17) is 0 Å². The zero-order chi connectivity index (χ0) is 14.5. The highest BCUT2D eigenvalue weighted by molar-refractivity contribution is 5.53. The number of rotatable bonds is 4. The second-order valence-corrected chi connectivity index (χ2v) is 5.09. The minimum Gasteiger partial charge on any atom is -0.506 e. The molecule has 0 spiro atoms. The summed E-state index contributed by atoms with van der Waals surface area (Å²) in [5, 5.41) is 18.2. The van der Waals surface area contributed by atoms with Crippen LogP contribution >= 0.6 is 0 Å². The molecule has 0 bridgehead atoms. The highest BCUT2D eigenvalue weighted by Crippen LogP contribution is 2.32. The average molecular weight is 268 g/mol. The summed E-state index contributed by atoms with van der Waals surface area (Å²) in [5.74, 6) is 0.608. The van der Waals surface area contributed by atoms with Crippen molar-refractivity contribution in [2.24, 2.45) is 10.2 Å². The van der Waals surface area contributed by atoms with Gasteiger partial charge in [-0.15, -0.1) is 5.11 Å². The highest BCUT2D eigenvalue weighted by atomic mass is 16.3. The van der Waals surface area contributed by atoms with E-state index in [2.05, 4.69) is 24.1 Å². The van der Waals surface area contributed by atoms with Crippen LogP contribution in [0, 0.1) is 6.92 Å². The van der Waals surface area contributed by atoms with Crippen LogP contribution in [-0.4, -0.2) is 5.11 Å². The topological polar surface area (TPSA) is 45.0 Å². The first kappa shape index (κ1) is 14.3. The van der Waals surface area contributed by atoms with Gasteiger partial charge in [0.1, 0.15) is 11.4 Å². The standard InChI is InChI=1S/C17H20N2O/c1-4-13(3)14-7-10-17(20)16(11-14)19-18-15-8-5-12(2)6-9-15/h5-11,13,20H,4H2,1-3H3. The summed E-state index contributed by atoms with van der Waals surface area (Å²) in [4.78, 5) is 0. The number of hydrogen-bond donors (Lipinski definition) is 1. The van der Waals surface area contributed by atoms with Gasteiger partial charge in [-0.3, -0.25) is 0 Å². The van der Waals surface area contributed by atoms with E-state index < -0.39 is 0 Å². The molecule has 0 radical (unpaired) electrons. The van der Waals surface area contributed by atoms with Crippen molar-refractivity contribution in [2.75, 3.05) is 0 Å². The third-order valence-corrected chi connectivity index (χ3v) is 3.49. The molecule has 104 valence electrons. The lowest BCUT2D eigenvalue weighted by Crippen LogP contribution is -1.90. The summed E-state index contributed by atoms with van der Waals surface area (Å²) in [6, 6.07) is 13.3. The van der Waals surface area contributed by atoms with E-state index in [9.17, 15) is 5.11 Å². The molecule has 1 atom stereocenters. The van der Waals surface area contributed by atoms with Crippen molar-refractivity contribution in [1.82, 2.24) is 0 Å². The monoisotopic (exact) mass is 268 g/mol. The largest absolute Gasteiger partial charge is 0.506 e. The zero-order valence-corrected chi connectivity index (χ0v) is 12.2. The van der Waals surface area contributed by atoms with Gasteiger partial charge in [0.15, 0.2) is 0 Å². The summed E-state index contributed by atoms with van der Waals surface area (Å²) in [5.41, 5.74) is 3.65. The molecular weight excluding hydrogens is 248 g/mol. The molecule has 0 fully saturated rings. The van der Waals surface area contributed by atoms with E-state index in [0.29, 0.717) is 11.6 Å². The SMILES string of the molecule is CCC(C)c1ccc(O)c(N=Nc2ccc(C)cc2)c1. The Kier molecular flexibility index (Phi) is 4.51. The molecule has 1 N–H and O–H groups in total. The fourth-order valence-corrected chi connectivity index (χ4v) is 1.89. The van der Waals surface area contributed by atoms with E-state index in [1.54, 1.807) is 6.07 Å². The summed E-state index contributed by atoms with van der Waals surface area (Å²) in [6.45, 7) is 6.33. The third-order valence-electron chi connectivity index (χ3n) is 3.49. The molecule has 0 aliphatic heterocycles. The quantitative estimate of drug-likeness (QED) is 0.717. The Balaban J connectivity index is 2.25. The van der Waals surface area contributed by atoms with Gasteiger partial charge in [-0.25, -0.2) is 0 Å². The van der Waals surface area contributed by atoms with Crippen LogP contribution in [0.4, 0.5) is 11.4 Å². The van der Waals surface area contributed by atoms with Gasteiger partial charge in [-0.2, -0.15) is 5.11 Å². The van der Waals surface area contributed by atoms with E-state index in [-0.39, 0.29) is 5.75 Å². The maximum absolute atomic E-state index is 9.86. The number of aryl methyl sites for hydroxylation is 1. The van der Waals surface area contributed by atoms with Crippen LogP contribution in [0.3, 0.4) is 0 Å². The van der Waals surface area contributed by atoms with E-state index in [0.717, 1.165) is 12.1 Å². The predicted octanol–water partition coefficient (Wildman–Crippen LogP) is 5.63. The maximum atomic E-state index is 9.86. The fraction of sp³-hybridized carbons (Fsp3) is 0.294. The molecule has 3 heteroatoms. The summed E-state index contributed by atoms with van der Waals surface area (Å²) < 4.78 is 0. The Bertz CT molecular complexity index is 603. The van der Waals surface area contributed by atoms with E-state index >= 15 is 0 Å². The van der Waals surface area contributed by atoms with Crippen molar-refractivity contribution in [3.8, 4) is 5.75 Å². The lowest BCUT2D eigenvalue weighted by molar-refractivity contribution is 0.476. The molecule has 1 unspecified atom stereocenters. The van der Waals surface area contributed by atoms with Crippen molar-refractivity contribution in [3.05, 3.63) is 53.6 Å². The number of aromatic hydroxyl groups is 1. The Hall–Kier alpha value is -2.16. The first-order valence-corrected chi connectivity index (χ1v) is 6.91. The molecule has 2 aromatic carbocycles. The molecule has 0 aromatic heterocycles. The van der Waals surface area contributed by atoms with Gasteiger partial charge in [-0.05, 0) is 49.1 Å². The number of phenolic OH excluding ortho intramolecular Hbond substituents is 1. The second kappa shape index (κ2) is 6.33. The molecule has 20 heavy (non-hydrogen) atoms. The van der Waals surface area contributed by atoms with E-state index in [1.807, 2.05) is 43.3 Å². The van der Waals surface area contributed by atoms with Crippen molar-refractivity contribution in [1.29, 1.82) is 0 Å². The lowest BCUT2D eigenvalue weighted by atomic mass is 9.98. The lowest BCUT2D eigenvalue weighted by Gasteiger charge is -2.09. The average Bonchev–Trinajstić information content (AvgIpc) is 2.47. The maximum Gasteiger partial charge on any atom is 0.143 e. The van der Waals surface area contributed by atoms with Gasteiger partial charge < -0.3 is 5.11 Å². The van der Waals surface area contributed by atoms with Crippen LogP contribution in [0.2, 0.25) is 0 Å². The minimum atomic E-state index is 0.160. The first-order valence-electron chi connectivity index (χ1n) is 6.91. The van der Waals surface area contributed by atoms with Gasteiger partial charge in [-0.1, -0.05) is 37.6 Å². The number of nitrogens with zero attached hydrogens (tertiary/aromatic N) is 2. The van der Waals surface area contributed by atoms with Crippen molar-refractivity contribution in [2.45, 2.75) is 33.1 Å². The fourth-order valence-electron chi connectivity index (χ4n) is 1.89. The molecule has 2 rings (SSSR count). The Morgan fingerprint density at radius 2 is 1.75 bits per heavy atom. The van der Waals surface area contributed by atoms with E-state index in [1.165, 1.54) is 11.1 Å². The summed E-state index contributed by atoms with van der Waals surface area (Å²) in [7, 11) is 0. The van der Waals surface area contributed by atoms with Gasteiger partial charge in [0.25, 0.3) is 0 Å². The molecule has 0 saturated heterocycles. The Morgan fingerprint density at radius 3 is 2.40 bits per heavy atom. The third kappa shape index (κ3) is 3.44. The second-order valence-electron chi connectivity index (χ2n) is 5.09. The molecule has 3 nitrogen and oxygen atoms in total. The molecular formula is C17H20N2O. The zero-order valence-electron chi connectivity index (χ0n) is 12.2. The molecule has 2 aromatic rings.